The van der Waals surface area contributed by atoms with E-state index in [0.717, 1.165) is 18.2 Å². The van der Waals surface area contributed by atoms with Crippen LogP contribution in [0.25, 0.3) is 0 Å². The molecule has 2 rings (SSSR count). The highest BCUT2D eigenvalue weighted by molar-refractivity contribution is 5.78. The Morgan fingerprint density at radius 2 is 1.72 bits per heavy atom. The van der Waals surface area contributed by atoms with Crippen LogP contribution in [-0.4, -0.2) is 26.9 Å². The van der Waals surface area contributed by atoms with Gasteiger partial charge in [0.1, 0.15) is 17.4 Å². The smallest absolute Gasteiger partial charge is 0.336 e. The molecule has 0 amide bonds. The van der Waals surface area contributed by atoms with Crippen LogP contribution in [-0.2, 0) is 16.6 Å². The third kappa shape index (κ3) is 4.33. The summed E-state index contributed by atoms with van der Waals surface area (Å²) in [6.45, 7) is 3.20. The van der Waals surface area contributed by atoms with E-state index in [1.807, 2.05) is 0 Å². The molecule has 0 heterocycles. The van der Waals surface area contributed by atoms with Gasteiger partial charge in [0.15, 0.2) is 5.60 Å². The lowest BCUT2D eigenvalue weighted by Gasteiger charge is -2.34. The molecule has 0 spiro atoms. The first-order valence-electron chi connectivity index (χ1n) is 7.73. The lowest BCUT2D eigenvalue weighted by Crippen LogP contribution is -2.45. The Labute approximate surface area is 144 Å². The van der Waals surface area contributed by atoms with E-state index in [-0.39, 0.29) is 24.2 Å². The van der Waals surface area contributed by atoms with Crippen molar-refractivity contribution in [2.75, 3.05) is 0 Å². The van der Waals surface area contributed by atoms with Crippen molar-refractivity contribution in [2.24, 2.45) is 0 Å². The summed E-state index contributed by atoms with van der Waals surface area (Å²) in [5, 5.41) is 30.2. The molecule has 6 heteroatoms. The van der Waals surface area contributed by atoms with Gasteiger partial charge in [0.25, 0.3) is 0 Å². The summed E-state index contributed by atoms with van der Waals surface area (Å²) in [6.07, 6.45) is -0.623. The minimum absolute atomic E-state index is 0.186. The van der Waals surface area contributed by atoms with Crippen molar-refractivity contribution in [3.63, 3.8) is 0 Å². The maximum Gasteiger partial charge on any atom is 0.336 e. The molecular formula is C19H20F2O4. The molecule has 1 unspecified atom stereocenters. The van der Waals surface area contributed by atoms with Gasteiger partial charge >= 0.3 is 5.97 Å². The van der Waals surface area contributed by atoms with Gasteiger partial charge < -0.3 is 15.3 Å². The second-order valence-corrected chi connectivity index (χ2v) is 6.87. The van der Waals surface area contributed by atoms with E-state index in [0.29, 0.717) is 5.56 Å². The van der Waals surface area contributed by atoms with Crippen LogP contribution in [0.3, 0.4) is 0 Å². The molecular weight excluding hydrogens is 330 g/mol. The van der Waals surface area contributed by atoms with Gasteiger partial charge in [0.2, 0.25) is 0 Å². The van der Waals surface area contributed by atoms with Gasteiger partial charge in [-0.1, -0.05) is 26.0 Å². The van der Waals surface area contributed by atoms with Crippen LogP contribution in [0.5, 0.6) is 5.75 Å². The van der Waals surface area contributed by atoms with Gasteiger partial charge in [-0.2, -0.15) is 0 Å². The van der Waals surface area contributed by atoms with E-state index >= 15 is 0 Å². The van der Waals surface area contributed by atoms with Crippen molar-refractivity contribution in [2.45, 2.75) is 37.7 Å². The van der Waals surface area contributed by atoms with Gasteiger partial charge in [-0.15, -0.1) is 0 Å². The van der Waals surface area contributed by atoms with Crippen LogP contribution >= 0.6 is 0 Å². The standard InChI is InChI=1S/C19H20F2O4/c1-18(2,15-9-14(21)6-7-16(15)22)11-19(25,17(23)24)10-12-4-3-5-13(20)8-12/h3-9,22,25H,10-11H2,1-2H3,(H,23,24). The molecule has 0 radical (unpaired) electrons. The van der Waals surface area contributed by atoms with Crippen LogP contribution in [0, 0.1) is 11.6 Å². The molecule has 2 aromatic carbocycles. The van der Waals surface area contributed by atoms with E-state index in [1.54, 1.807) is 13.8 Å². The van der Waals surface area contributed by atoms with Crippen molar-refractivity contribution < 1.29 is 28.9 Å². The van der Waals surface area contributed by atoms with Crippen LogP contribution < -0.4 is 0 Å². The topological polar surface area (TPSA) is 77.8 Å². The highest BCUT2D eigenvalue weighted by Crippen LogP contribution is 2.38. The number of aliphatic carboxylic acids is 1. The molecule has 25 heavy (non-hydrogen) atoms. The number of halogens is 2. The number of phenols is 1. The quantitative estimate of drug-likeness (QED) is 0.746. The Hall–Kier alpha value is -2.47. The Balaban J connectivity index is 2.36. The molecule has 0 aromatic heterocycles. The molecule has 2 aromatic rings. The van der Waals surface area contributed by atoms with Gasteiger partial charge in [-0.05, 0) is 47.7 Å². The number of carboxylic acid groups (broad SMARTS) is 1. The predicted molar refractivity (Wildman–Crippen MR) is 88.4 cm³/mol. The van der Waals surface area contributed by atoms with Crippen molar-refractivity contribution in [3.8, 4) is 5.75 Å². The number of aliphatic hydroxyl groups is 1. The zero-order chi connectivity index (χ0) is 18.8. The lowest BCUT2D eigenvalue weighted by atomic mass is 9.73. The fourth-order valence-corrected chi connectivity index (χ4v) is 3.08. The highest BCUT2D eigenvalue weighted by Gasteiger charge is 2.43. The summed E-state index contributed by atoms with van der Waals surface area (Å²) >= 11 is 0. The maximum absolute atomic E-state index is 13.5. The first-order valence-corrected chi connectivity index (χ1v) is 7.73. The first kappa shape index (κ1) is 18.9. The van der Waals surface area contributed by atoms with E-state index in [1.165, 1.54) is 24.3 Å². The van der Waals surface area contributed by atoms with E-state index < -0.39 is 28.6 Å². The minimum Gasteiger partial charge on any atom is -0.508 e. The molecule has 0 aliphatic carbocycles. The van der Waals surface area contributed by atoms with Gasteiger partial charge in [-0.25, -0.2) is 13.6 Å². The number of carboxylic acids is 1. The normalized spacial score (nSPS) is 14.1. The number of aromatic hydroxyl groups is 1. The van der Waals surface area contributed by atoms with Crippen LogP contribution in [0.4, 0.5) is 8.78 Å². The number of phenolic OH excluding ortho intramolecular Hbond substituents is 1. The van der Waals surface area contributed by atoms with Crippen LogP contribution in [0.15, 0.2) is 42.5 Å². The van der Waals surface area contributed by atoms with E-state index in [4.69, 9.17) is 0 Å². The Morgan fingerprint density at radius 1 is 1.08 bits per heavy atom. The van der Waals surface area contributed by atoms with Crippen LogP contribution in [0.1, 0.15) is 31.4 Å². The number of benzene rings is 2. The lowest BCUT2D eigenvalue weighted by molar-refractivity contribution is -0.160. The number of carbonyl (C=O) groups is 1. The molecule has 0 aliphatic heterocycles. The molecule has 0 saturated carbocycles. The molecule has 4 nitrogen and oxygen atoms in total. The monoisotopic (exact) mass is 350 g/mol. The fraction of sp³-hybridized carbons (Fsp3) is 0.316. The van der Waals surface area contributed by atoms with Gasteiger partial charge in [-0.3, -0.25) is 0 Å². The highest BCUT2D eigenvalue weighted by atomic mass is 19.1. The second-order valence-electron chi connectivity index (χ2n) is 6.87. The largest absolute Gasteiger partial charge is 0.508 e. The third-order valence-electron chi connectivity index (χ3n) is 4.21. The molecule has 0 aliphatic rings. The van der Waals surface area contributed by atoms with E-state index in [9.17, 15) is 28.9 Å². The summed E-state index contributed by atoms with van der Waals surface area (Å²) in [7, 11) is 0. The number of rotatable bonds is 6. The average molecular weight is 350 g/mol. The summed E-state index contributed by atoms with van der Waals surface area (Å²) < 4.78 is 26.9. The molecule has 134 valence electrons. The first-order chi connectivity index (χ1) is 11.5. The second kappa shape index (κ2) is 6.80. The molecule has 0 saturated heterocycles. The van der Waals surface area contributed by atoms with Crippen molar-refractivity contribution in [1.82, 2.24) is 0 Å². The van der Waals surface area contributed by atoms with Gasteiger partial charge in [0.05, 0.1) is 0 Å². The van der Waals surface area contributed by atoms with Crippen molar-refractivity contribution in [1.29, 1.82) is 0 Å². The predicted octanol–water partition coefficient (Wildman–Crippen LogP) is 3.40. The number of hydrogen-bond acceptors (Lipinski definition) is 3. The summed E-state index contributed by atoms with van der Waals surface area (Å²) in [4.78, 5) is 11.7. The summed E-state index contributed by atoms with van der Waals surface area (Å²) in [5.41, 5.74) is -2.75. The zero-order valence-electron chi connectivity index (χ0n) is 14.0. The van der Waals surface area contributed by atoms with Crippen molar-refractivity contribution in [3.05, 3.63) is 65.2 Å². The fourth-order valence-electron chi connectivity index (χ4n) is 3.08. The van der Waals surface area contributed by atoms with E-state index in [2.05, 4.69) is 0 Å². The minimum atomic E-state index is -2.21. The molecule has 3 N–H and O–H groups in total. The number of hydrogen-bond donors (Lipinski definition) is 3. The summed E-state index contributed by atoms with van der Waals surface area (Å²) in [5.74, 6) is -2.78. The third-order valence-corrected chi connectivity index (χ3v) is 4.21. The van der Waals surface area contributed by atoms with Crippen LogP contribution in [0.2, 0.25) is 0 Å². The zero-order valence-corrected chi connectivity index (χ0v) is 14.0. The SMILES string of the molecule is CC(C)(CC(O)(Cc1cccc(F)c1)C(=O)O)c1cc(F)ccc1O. The molecule has 0 bridgehead atoms. The Bertz CT molecular complexity index is 789. The summed E-state index contributed by atoms with van der Waals surface area (Å²) in [6, 6.07) is 8.70. The maximum atomic E-state index is 13.5. The molecule has 0 fully saturated rings. The Kier molecular flexibility index (Phi) is 5.13. The van der Waals surface area contributed by atoms with Gasteiger partial charge in [0, 0.05) is 12.0 Å². The molecule has 1 atom stereocenters. The van der Waals surface area contributed by atoms with Crippen molar-refractivity contribution >= 4 is 5.97 Å². The average Bonchev–Trinajstić information content (AvgIpc) is 2.48. The Morgan fingerprint density at radius 3 is 2.32 bits per heavy atom.